The first kappa shape index (κ1) is 18.5. The SMILES string of the molecule is COc1ccc(CN2CCN(C(=O)Cc3c[nH]c4ccccc34)CC2)cc1F. The molecule has 5 nitrogen and oxygen atoms in total. The molecular weight excluding hydrogens is 357 g/mol. The van der Waals surface area contributed by atoms with Crippen LogP contribution < -0.4 is 4.74 Å². The molecule has 1 aliphatic heterocycles. The van der Waals surface area contributed by atoms with E-state index >= 15 is 0 Å². The van der Waals surface area contributed by atoms with Gasteiger partial charge in [0.25, 0.3) is 0 Å². The van der Waals surface area contributed by atoms with E-state index in [1.165, 1.54) is 13.2 Å². The Morgan fingerprint density at radius 3 is 2.68 bits per heavy atom. The number of methoxy groups -OCH3 is 1. The lowest BCUT2D eigenvalue weighted by Crippen LogP contribution is -2.48. The van der Waals surface area contributed by atoms with Gasteiger partial charge in [-0.05, 0) is 29.3 Å². The lowest BCUT2D eigenvalue weighted by molar-refractivity contribution is -0.132. The van der Waals surface area contributed by atoms with Crippen LogP contribution in [0.5, 0.6) is 5.75 Å². The maximum Gasteiger partial charge on any atom is 0.227 e. The van der Waals surface area contributed by atoms with E-state index in [1.54, 1.807) is 6.07 Å². The van der Waals surface area contributed by atoms with Crippen LogP contribution >= 0.6 is 0 Å². The summed E-state index contributed by atoms with van der Waals surface area (Å²) in [6.07, 6.45) is 2.34. The molecule has 0 saturated carbocycles. The molecule has 1 fully saturated rings. The number of carbonyl (C=O) groups excluding carboxylic acids is 1. The summed E-state index contributed by atoms with van der Waals surface area (Å²) in [5, 5.41) is 1.11. The van der Waals surface area contributed by atoms with Crippen molar-refractivity contribution >= 4 is 16.8 Å². The molecule has 2 aromatic carbocycles. The first-order valence-electron chi connectivity index (χ1n) is 9.51. The average Bonchev–Trinajstić information content (AvgIpc) is 3.12. The summed E-state index contributed by atoms with van der Waals surface area (Å²) in [4.78, 5) is 20.1. The Kier molecular flexibility index (Phi) is 5.30. The van der Waals surface area contributed by atoms with Crippen LogP contribution in [0.4, 0.5) is 4.39 Å². The number of ether oxygens (including phenoxy) is 1. The molecule has 0 radical (unpaired) electrons. The average molecular weight is 381 g/mol. The second kappa shape index (κ2) is 8.02. The molecular formula is C22H24FN3O2. The molecule has 6 heteroatoms. The van der Waals surface area contributed by atoms with Gasteiger partial charge in [-0.3, -0.25) is 9.69 Å². The van der Waals surface area contributed by atoms with E-state index < -0.39 is 0 Å². The van der Waals surface area contributed by atoms with Crippen molar-refractivity contribution in [3.63, 3.8) is 0 Å². The number of piperazine rings is 1. The predicted octanol–water partition coefficient (Wildman–Crippen LogP) is 3.20. The summed E-state index contributed by atoms with van der Waals surface area (Å²) in [5.41, 5.74) is 3.01. The van der Waals surface area contributed by atoms with Crippen LogP contribution in [0, 0.1) is 5.82 Å². The number of hydrogen-bond donors (Lipinski definition) is 1. The summed E-state index contributed by atoms with van der Waals surface area (Å²) in [5.74, 6) is 0.0730. The highest BCUT2D eigenvalue weighted by molar-refractivity contribution is 5.88. The fourth-order valence-corrected chi connectivity index (χ4v) is 3.77. The van der Waals surface area contributed by atoms with Crippen molar-refractivity contribution in [3.8, 4) is 5.75 Å². The Balaban J connectivity index is 1.32. The molecule has 0 bridgehead atoms. The largest absolute Gasteiger partial charge is 0.494 e. The minimum absolute atomic E-state index is 0.153. The van der Waals surface area contributed by atoms with Crippen molar-refractivity contribution in [3.05, 3.63) is 65.6 Å². The van der Waals surface area contributed by atoms with Gasteiger partial charge in [0.15, 0.2) is 11.6 Å². The van der Waals surface area contributed by atoms with Crippen LogP contribution in [0.1, 0.15) is 11.1 Å². The maximum absolute atomic E-state index is 13.9. The normalized spacial score (nSPS) is 15.1. The van der Waals surface area contributed by atoms with E-state index in [0.717, 1.165) is 35.1 Å². The lowest BCUT2D eigenvalue weighted by atomic mass is 10.1. The van der Waals surface area contributed by atoms with Crippen molar-refractivity contribution in [2.24, 2.45) is 0 Å². The standard InChI is InChI=1S/C22H24FN3O2/c1-28-21-7-6-16(12-19(21)23)15-25-8-10-26(11-9-25)22(27)13-17-14-24-20-5-3-2-4-18(17)20/h2-7,12,14,24H,8-11,13,15H2,1H3. The van der Waals surface area contributed by atoms with Gasteiger partial charge in [-0.2, -0.15) is 0 Å². The number of fused-ring (bicyclic) bond motifs is 1. The predicted molar refractivity (Wildman–Crippen MR) is 107 cm³/mol. The first-order valence-corrected chi connectivity index (χ1v) is 9.51. The highest BCUT2D eigenvalue weighted by atomic mass is 19.1. The zero-order valence-corrected chi connectivity index (χ0v) is 16.0. The second-order valence-corrected chi connectivity index (χ2v) is 7.16. The van der Waals surface area contributed by atoms with Gasteiger partial charge in [0.1, 0.15) is 0 Å². The third kappa shape index (κ3) is 3.87. The Hall–Kier alpha value is -2.86. The van der Waals surface area contributed by atoms with Crippen molar-refractivity contribution < 1.29 is 13.9 Å². The Morgan fingerprint density at radius 1 is 1.14 bits per heavy atom. The maximum atomic E-state index is 13.9. The van der Waals surface area contributed by atoms with Gasteiger partial charge < -0.3 is 14.6 Å². The van der Waals surface area contributed by atoms with E-state index in [-0.39, 0.29) is 17.5 Å². The van der Waals surface area contributed by atoms with Gasteiger partial charge >= 0.3 is 0 Å². The lowest BCUT2D eigenvalue weighted by Gasteiger charge is -2.34. The van der Waals surface area contributed by atoms with Crippen molar-refractivity contribution in [2.45, 2.75) is 13.0 Å². The van der Waals surface area contributed by atoms with Crippen LogP contribution in [0.3, 0.4) is 0 Å². The highest BCUT2D eigenvalue weighted by Crippen LogP contribution is 2.21. The molecule has 1 aromatic heterocycles. The fourth-order valence-electron chi connectivity index (χ4n) is 3.77. The number of H-pyrrole nitrogens is 1. The number of benzene rings is 2. The van der Waals surface area contributed by atoms with Crippen molar-refractivity contribution in [1.82, 2.24) is 14.8 Å². The highest BCUT2D eigenvalue weighted by Gasteiger charge is 2.22. The van der Waals surface area contributed by atoms with E-state index in [1.807, 2.05) is 41.4 Å². The first-order chi connectivity index (χ1) is 13.6. The summed E-state index contributed by atoms with van der Waals surface area (Å²) in [6, 6.07) is 13.1. The Bertz CT molecular complexity index is 977. The van der Waals surface area contributed by atoms with Crippen molar-refractivity contribution in [2.75, 3.05) is 33.3 Å². The number of nitrogens with one attached hydrogen (secondary N) is 1. The molecule has 146 valence electrons. The summed E-state index contributed by atoms with van der Waals surface area (Å²) >= 11 is 0. The number of para-hydroxylation sites is 1. The minimum atomic E-state index is -0.340. The van der Waals surface area contributed by atoms with Crippen molar-refractivity contribution in [1.29, 1.82) is 0 Å². The van der Waals surface area contributed by atoms with Gasteiger partial charge in [-0.15, -0.1) is 0 Å². The number of aromatic amines is 1. The molecule has 3 aromatic rings. The molecule has 1 amide bonds. The zero-order chi connectivity index (χ0) is 19.5. The molecule has 0 spiro atoms. The van der Waals surface area contributed by atoms with Crippen LogP contribution in [0.2, 0.25) is 0 Å². The Labute approximate surface area is 163 Å². The number of amides is 1. The van der Waals surface area contributed by atoms with E-state index in [9.17, 15) is 9.18 Å². The van der Waals surface area contributed by atoms with Crippen LogP contribution in [0.15, 0.2) is 48.7 Å². The van der Waals surface area contributed by atoms with Gasteiger partial charge in [-0.25, -0.2) is 4.39 Å². The quantitative estimate of drug-likeness (QED) is 0.738. The molecule has 1 saturated heterocycles. The van der Waals surface area contributed by atoms with Crippen LogP contribution in [-0.4, -0.2) is 54.0 Å². The number of carbonyl (C=O) groups is 1. The molecule has 2 heterocycles. The number of rotatable bonds is 5. The summed E-state index contributed by atoms with van der Waals surface area (Å²) in [7, 11) is 1.46. The number of aromatic nitrogens is 1. The molecule has 1 N–H and O–H groups in total. The third-order valence-electron chi connectivity index (χ3n) is 5.36. The van der Waals surface area contributed by atoms with Crippen LogP contribution in [-0.2, 0) is 17.8 Å². The van der Waals surface area contributed by atoms with Gasteiger partial charge in [-0.1, -0.05) is 24.3 Å². The number of nitrogens with zero attached hydrogens (tertiary/aromatic N) is 2. The number of halogens is 1. The van der Waals surface area contributed by atoms with E-state index in [0.29, 0.717) is 26.1 Å². The summed E-state index contributed by atoms with van der Waals surface area (Å²) < 4.78 is 18.8. The fraction of sp³-hybridized carbons (Fsp3) is 0.318. The smallest absolute Gasteiger partial charge is 0.227 e. The topological polar surface area (TPSA) is 48.6 Å². The molecule has 0 aliphatic carbocycles. The van der Waals surface area contributed by atoms with E-state index in [2.05, 4.69) is 9.88 Å². The van der Waals surface area contributed by atoms with Gasteiger partial charge in [0.05, 0.1) is 13.5 Å². The van der Waals surface area contributed by atoms with Gasteiger partial charge in [0.2, 0.25) is 5.91 Å². The molecule has 0 atom stereocenters. The zero-order valence-electron chi connectivity index (χ0n) is 16.0. The van der Waals surface area contributed by atoms with E-state index in [4.69, 9.17) is 4.74 Å². The second-order valence-electron chi connectivity index (χ2n) is 7.16. The van der Waals surface area contributed by atoms with Gasteiger partial charge in [0, 0.05) is 49.8 Å². The third-order valence-corrected chi connectivity index (χ3v) is 5.36. The number of hydrogen-bond acceptors (Lipinski definition) is 3. The molecule has 28 heavy (non-hydrogen) atoms. The Morgan fingerprint density at radius 2 is 1.93 bits per heavy atom. The molecule has 1 aliphatic rings. The summed E-state index contributed by atoms with van der Waals surface area (Å²) in [6.45, 7) is 3.63. The monoisotopic (exact) mass is 381 g/mol. The van der Waals surface area contributed by atoms with Crippen LogP contribution in [0.25, 0.3) is 10.9 Å². The minimum Gasteiger partial charge on any atom is -0.494 e. The molecule has 4 rings (SSSR count). The molecule has 0 unspecified atom stereocenters.